The molecule has 1 heterocycles. The molecule has 4 aromatic rings. The van der Waals surface area contributed by atoms with Gasteiger partial charge in [0, 0.05) is 41.3 Å². The van der Waals surface area contributed by atoms with Gasteiger partial charge in [0.2, 0.25) is 0 Å². The van der Waals surface area contributed by atoms with Gasteiger partial charge in [-0.1, -0.05) is 47.5 Å². The molecule has 0 radical (unpaired) electrons. The standard InChI is InChI=1S/C22H19Cl2N3/c1-26-22-11-10-21(12-18(22)13-25-26)27(14-16-2-6-19(23)7-3-16)15-17-4-8-20(24)9-5-17/h2-13H,14-15H2,1H3. The third-order valence-electron chi connectivity index (χ3n) is 4.67. The van der Waals surface area contributed by atoms with Crippen molar-refractivity contribution in [1.29, 1.82) is 0 Å². The summed E-state index contributed by atoms with van der Waals surface area (Å²) >= 11 is 12.1. The van der Waals surface area contributed by atoms with E-state index in [1.165, 1.54) is 11.1 Å². The fourth-order valence-corrected chi connectivity index (χ4v) is 3.46. The van der Waals surface area contributed by atoms with Gasteiger partial charge in [0.15, 0.2) is 0 Å². The highest BCUT2D eigenvalue weighted by atomic mass is 35.5. The van der Waals surface area contributed by atoms with Crippen LogP contribution in [0.5, 0.6) is 0 Å². The molecule has 0 amide bonds. The van der Waals surface area contributed by atoms with E-state index in [0.29, 0.717) is 0 Å². The molecular formula is C22H19Cl2N3. The molecule has 0 spiro atoms. The van der Waals surface area contributed by atoms with Gasteiger partial charge in [0.25, 0.3) is 0 Å². The Labute approximate surface area is 168 Å². The second-order valence-electron chi connectivity index (χ2n) is 6.62. The monoisotopic (exact) mass is 395 g/mol. The van der Waals surface area contributed by atoms with Gasteiger partial charge in [0.05, 0.1) is 11.7 Å². The first-order chi connectivity index (χ1) is 13.1. The summed E-state index contributed by atoms with van der Waals surface area (Å²) in [6, 6.07) is 22.5. The molecule has 0 unspecified atom stereocenters. The lowest BCUT2D eigenvalue weighted by Crippen LogP contribution is -2.22. The Kier molecular flexibility index (Phi) is 5.06. The molecule has 0 aliphatic heterocycles. The van der Waals surface area contributed by atoms with E-state index in [1.807, 2.05) is 42.2 Å². The largest absolute Gasteiger partial charge is 0.363 e. The number of fused-ring (bicyclic) bond motifs is 1. The van der Waals surface area contributed by atoms with Crippen molar-refractivity contribution in [3.8, 4) is 0 Å². The summed E-state index contributed by atoms with van der Waals surface area (Å²) < 4.78 is 1.89. The van der Waals surface area contributed by atoms with E-state index in [0.717, 1.165) is 39.7 Å². The van der Waals surface area contributed by atoms with Crippen LogP contribution in [0.25, 0.3) is 10.9 Å². The maximum atomic E-state index is 6.04. The minimum absolute atomic E-state index is 0.750. The first kappa shape index (κ1) is 17.9. The molecule has 136 valence electrons. The fourth-order valence-electron chi connectivity index (χ4n) is 3.21. The number of rotatable bonds is 5. The summed E-state index contributed by atoms with van der Waals surface area (Å²) in [6.07, 6.45) is 1.90. The summed E-state index contributed by atoms with van der Waals surface area (Å²) in [5.41, 5.74) is 4.69. The second kappa shape index (κ2) is 7.63. The number of benzene rings is 3. The molecule has 3 aromatic carbocycles. The Morgan fingerprint density at radius 2 is 1.37 bits per heavy atom. The van der Waals surface area contributed by atoms with Crippen LogP contribution in [0.15, 0.2) is 72.9 Å². The first-order valence-corrected chi connectivity index (χ1v) is 9.50. The zero-order chi connectivity index (χ0) is 18.8. The van der Waals surface area contributed by atoms with Crippen molar-refractivity contribution in [2.75, 3.05) is 4.90 Å². The van der Waals surface area contributed by atoms with E-state index in [4.69, 9.17) is 23.2 Å². The lowest BCUT2D eigenvalue weighted by Gasteiger charge is -2.25. The summed E-state index contributed by atoms with van der Waals surface area (Å²) in [5, 5.41) is 6.98. The number of aromatic nitrogens is 2. The van der Waals surface area contributed by atoms with E-state index in [2.05, 4.69) is 52.5 Å². The zero-order valence-electron chi connectivity index (χ0n) is 14.9. The van der Waals surface area contributed by atoms with E-state index in [9.17, 15) is 0 Å². The maximum absolute atomic E-state index is 6.04. The molecule has 4 rings (SSSR count). The lowest BCUT2D eigenvalue weighted by molar-refractivity contribution is 0.794. The Balaban J connectivity index is 1.68. The van der Waals surface area contributed by atoms with Crippen LogP contribution in [0, 0.1) is 0 Å². The Morgan fingerprint density at radius 1 is 0.815 bits per heavy atom. The molecule has 0 bridgehead atoms. The third-order valence-corrected chi connectivity index (χ3v) is 5.17. The van der Waals surface area contributed by atoms with Gasteiger partial charge in [-0.3, -0.25) is 4.68 Å². The summed E-state index contributed by atoms with van der Waals surface area (Å²) in [5.74, 6) is 0. The minimum atomic E-state index is 0.750. The van der Waals surface area contributed by atoms with Crippen LogP contribution in [0.2, 0.25) is 10.0 Å². The van der Waals surface area contributed by atoms with Gasteiger partial charge >= 0.3 is 0 Å². The summed E-state index contributed by atoms with van der Waals surface area (Å²) in [4.78, 5) is 2.35. The van der Waals surface area contributed by atoms with E-state index >= 15 is 0 Å². The molecule has 3 nitrogen and oxygen atoms in total. The second-order valence-corrected chi connectivity index (χ2v) is 7.49. The number of anilines is 1. The fraction of sp³-hybridized carbons (Fsp3) is 0.136. The van der Waals surface area contributed by atoms with E-state index in [-0.39, 0.29) is 0 Å². The van der Waals surface area contributed by atoms with Gasteiger partial charge in [0.1, 0.15) is 0 Å². The van der Waals surface area contributed by atoms with Crippen molar-refractivity contribution in [1.82, 2.24) is 9.78 Å². The van der Waals surface area contributed by atoms with Crippen molar-refractivity contribution in [2.24, 2.45) is 7.05 Å². The highest BCUT2D eigenvalue weighted by Gasteiger charge is 2.11. The molecule has 0 saturated heterocycles. The minimum Gasteiger partial charge on any atom is -0.363 e. The van der Waals surface area contributed by atoms with Crippen molar-refractivity contribution in [3.05, 3.63) is 94.1 Å². The van der Waals surface area contributed by atoms with E-state index < -0.39 is 0 Å². The number of halogens is 2. The van der Waals surface area contributed by atoms with Crippen LogP contribution < -0.4 is 4.90 Å². The Bertz CT molecular complexity index is 1010. The Morgan fingerprint density at radius 3 is 1.93 bits per heavy atom. The van der Waals surface area contributed by atoms with Crippen LogP contribution in [0.3, 0.4) is 0 Å². The van der Waals surface area contributed by atoms with Crippen molar-refractivity contribution >= 4 is 39.8 Å². The number of hydrogen-bond acceptors (Lipinski definition) is 2. The molecule has 1 aromatic heterocycles. The third kappa shape index (κ3) is 4.10. The van der Waals surface area contributed by atoms with Gasteiger partial charge in [-0.15, -0.1) is 0 Å². The molecule has 0 atom stereocenters. The average Bonchev–Trinajstić information content (AvgIpc) is 3.05. The summed E-state index contributed by atoms with van der Waals surface area (Å²) in [7, 11) is 1.96. The van der Waals surface area contributed by atoms with Crippen LogP contribution in [-0.2, 0) is 20.1 Å². The average molecular weight is 396 g/mol. The van der Waals surface area contributed by atoms with E-state index in [1.54, 1.807) is 0 Å². The van der Waals surface area contributed by atoms with Crippen molar-refractivity contribution < 1.29 is 0 Å². The predicted octanol–water partition coefficient (Wildman–Crippen LogP) is 6.09. The van der Waals surface area contributed by atoms with Crippen LogP contribution in [0.4, 0.5) is 5.69 Å². The van der Waals surface area contributed by atoms with Gasteiger partial charge in [-0.05, 0) is 53.6 Å². The molecule has 0 aliphatic carbocycles. The number of hydrogen-bond donors (Lipinski definition) is 0. The smallest absolute Gasteiger partial charge is 0.0680 e. The highest BCUT2D eigenvalue weighted by Crippen LogP contribution is 2.26. The molecule has 0 fully saturated rings. The van der Waals surface area contributed by atoms with Crippen LogP contribution >= 0.6 is 23.2 Å². The molecular weight excluding hydrogens is 377 g/mol. The van der Waals surface area contributed by atoms with Crippen molar-refractivity contribution in [2.45, 2.75) is 13.1 Å². The highest BCUT2D eigenvalue weighted by molar-refractivity contribution is 6.30. The number of aryl methyl sites for hydroxylation is 1. The van der Waals surface area contributed by atoms with Crippen LogP contribution in [-0.4, -0.2) is 9.78 Å². The maximum Gasteiger partial charge on any atom is 0.0680 e. The topological polar surface area (TPSA) is 21.1 Å². The molecule has 5 heteroatoms. The van der Waals surface area contributed by atoms with Gasteiger partial charge < -0.3 is 4.90 Å². The van der Waals surface area contributed by atoms with Crippen molar-refractivity contribution in [3.63, 3.8) is 0 Å². The molecule has 27 heavy (non-hydrogen) atoms. The quantitative estimate of drug-likeness (QED) is 0.407. The van der Waals surface area contributed by atoms with Gasteiger partial charge in [-0.25, -0.2) is 0 Å². The zero-order valence-corrected chi connectivity index (χ0v) is 16.5. The molecule has 0 aliphatic rings. The molecule has 0 saturated carbocycles. The molecule has 0 N–H and O–H groups in total. The SMILES string of the molecule is Cn1ncc2cc(N(Cc3ccc(Cl)cc3)Cc3ccc(Cl)cc3)ccc21. The lowest BCUT2D eigenvalue weighted by atomic mass is 10.1. The number of nitrogens with zero attached hydrogens (tertiary/aromatic N) is 3. The Hall–Kier alpha value is -2.49. The first-order valence-electron chi connectivity index (χ1n) is 8.74. The normalized spacial score (nSPS) is 11.1. The summed E-state index contributed by atoms with van der Waals surface area (Å²) in [6.45, 7) is 1.57. The van der Waals surface area contributed by atoms with Crippen LogP contribution in [0.1, 0.15) is 11.1 Å². The predicted molar refractivity (Wildman–Crippen MR) is 114 cm³/mol. The van der Waals surface area contributed by atoms with Gasteiger partial charge in [-0.2, -0.15) is 5.10 Å².